The lowest BCUT2D eigenvalue weighted by atomic mass is 10.3. The zero-order valence-electron chi connectivity index (χ0n) is 10.5. The van der Waals surface area contributed by atoms with Crippen LogP contribution in [0.2, 0.25) is 0 Å². The van der Waals surface area contributed by atoms with Crippen molar-refractivity contribution in [1.29, 1.82) is 0 Å². The van der Waals surface area contributed by atoms with Crippen LogP contribution in [0.3, 0.4) is 0 Å². The van der Waals surface area contributed by atoms with Crippen LogP contribution in [0.1, 0.15) is 11.4 Å². The third kappa shape index (κ3) is 2.22. The van der Waals surface area contributed by atoms with Crippen molar-refractivity contribution in [2.45, 2.75) is 13.8 Å². The Kier molecular flexibility index (Phi) is 2.99. The molecule has 5 heteroatoms. The third-order valence-electron chi connectivity index (χ3n) is 2.65. The van der Waals surface area contributed by atoms with Crippen molar-refractivity contribution in [3.8, 4) is 11.5 Å². The summed E-state index contributed by atoms with van der Waals surface area (Å²) in [6.07, 6.45) is 1.71. The maximum absolute atomic E-state index is 5.84. The maximum Gasteiger partial charge on any atom is 0.171 e. The summed E-state index contributed by atoms with van der Waals surface area (Å²) in [5, 5.41) is 7.29. The molecule has 2 rings (SSSR count). The van der Waals surface area contributed by atoms with Gasteiger partial charge in [-0.2, -0.15) is 5.10 Å². The van der Waals surface area contributed by atoms with Crippen LogP contribution in [0.25, 0.3) is 0 Å². The fourth-order valence-electron chi connectivity index (χ4n) is 1.63. The monoisotopic (exact) mass is 232 g/mol. The van der Waals surface area contributed by atoms with E-state index in [2.05, 4.69) is 15.4 Å². The molecule has 2 aromatic heterocycles. The molecule has 0 spiro atoms. The Morgan fingerprint density at radius 1 is 1.35 bits per heavy atom. The summed E-state index contributed by atoms with van der Waals surface area (Å²) in [6, 6.07) is 3.68. The van der Waals surface area contributed by atoms with Crippen molar-refractivity contribution in [2.75, 3.05) is 12.4 Å². The molecule has 0 fully saturated rings. The Bertz CT molecular complexity index is 533. The molecule has 0 amide bonds. The van der Waals surface area contributed by atoms with E-state index in [4.69, 9.17) is 4.74 Å². The van der Waals surface area contributed by atoms with Crippen molar-refractivity contribution >= 4 is 5.82 Å². The summed E-state index contributed by atoms with van der Waals surface area (Å²) in [6.45, 7) is 3.91. The first kappa shape index (κ1) is 11.4. The maximum atomic E-state index is 5.84. The molecule has 0 aromatic carbocycles. The number of hydrogen-bond donors (Lipinski definition) is 1. The van der Waals surface area contributed by atoms with Gasteiger partial charge in [0.1, 0.15) is 17.3 Å². The average Bonchev–Trinajstić information content (AvgIpc) is 2.56. The van der Waals surface area contributed by atoms with E-state index in [1.54, 1.807) is 6.20 Å². The molecule has 5 nitrogen and oxygen atoms in total. The molecule has 1 N–H and O–H groups in total. The minimum atomic E-state index is 0.753. The molecule has 2 aromatic rings. The third-order valence-corrected chi connectivity index (χ3v) is 2.65. The van der Waals surface area contributed by atoms with E-state index >= 15 is 0 Å². The summed E-state index contributed by atoms with van der Waals surface area (Å²) in [5.41, 5.74) is 1.89. The van der Waals surface area contributed by atoms with E-state index in [1.165, 1.54) is 0 Å². The number of rotatable bonds is 3. The Morgan fingerprint density at radius 2 is 2.12 bits per heavy atom. The summed E-state index contributed by atoms with van der Waals surface area (Å²) in [7, 11) is 3.73. The van der Waals surface area contributed by atoms with E-state index in [0.717, 1.165) is 28.7 Å². The quantitative estimate of drug-likeness (QED) is 0.882. The molecule has 0 aliphatic rings. The topological polar surface area (TPSA) is 52.0 Å². The molecule has 0 saturated heterocycles. The number of anilines is 1. The smallest absolute Gasteiger partial charge is 0.171 e. The van der Waals surface area contributed by atoms with Crippen LogP contribution >= 0.6 is 0 Å². The molecule has 0 saturated carbocycles. The van der Waals surface area contributed by atoms with Crippen LogP contribution in [0.4, 0.5) is 5.82 Å². The van der Waals surface area contributed by atoms with E-state index in [-0.39, 0.29) is 0 Å². The van der Waals surface area contributed by atoms with Gasteiger partial charge in [-0.1, -0.05) is 0 Å². The highest BCUT2D eigenvalue weighted by Crippen LogP contribution is 2.28. The van der Waals surface area contributed by atoms with Gasteiger partial charge in [-0.25, -0.2) is 4.98 Å². The first-order valence-electron chi connectivity index (χ1n) is 5.43. The van der Waals surface area contributed by atoms with Gasteiger partial charge in [0.05, 0.1) is 5.69 Å². The molecule has 2 heterocycles. The number of aromatic nitrogens is 3. The van der Waals surface area contributed by atoms with Gasteiger partial charge in [0.2, 0.25) is 0 Å². The predicted octanol–water partition coefficient (Wildman–Crippen LogP) is 2.27. The van der Waals surface area contributed by atoms with E-state index in [1.807, 2.05) is 44.8 Å². The average molecular weight is 232 g/mol. The number of hydrogen-bond acceptors (Lipinski definition) is 4. The van der Waals surface area contributed by atoms with Gasteiger partial charge >= 0.3 is 0 Å². The molecule has 0 radical (unpaired) electrons. The molecule has 0 aliphatic heterocycles. The molecule has 0 aliphatic carbocycles. The van der Waals surface area contributed by atoms with Gasteiger partial charge in [-0.05, 0) is 19.9 Å². The Morgan fingerprint density at radius 3 is 2.71 bits per heavy atom. The zero-order valence-corrected chi connectivity index (χ0v) is 10.5. The van der Waals surface area contributed by atoms with Crippen molar-refractivity contribution in [1.82, 2.24) is 14.8 Å². The van der Waals surface area contributed by atoms with Gasteiger partial charge in [0.25, 0.3) is 0 Å². The lowest BCUT2D eigenvalue weighted by molar-refractivity contribution is 0.473. The van der Waals surface area contributed by atoms with Gasteiger partial charge in [0.15, 0.2) is 5.75 Å². The predicted molar refractivity (Wildman–Crippen MR) is 66.5 cm³/mol. The second kappa shape index (κ2) is 4.45. The highest BCUT2D eigenvalue weighted by Gasteiger charge is 2.11. The minimum absolute atomic E-state index is 0.753. The van der Waals surface area contributed by atoms with Crippen LogP contribution in [0.15, 0.2) is 18.3 Å². The summed E-state index contributed by atoms with van der Waals surface area (Å²) >= 11 is 0. The number of pyridine rings is 1. The SMILES string of the molecule is CNc1cc(Oc2c(C)nn(C)c2C)ccn1. The Hall–Kier alpha value is -2.04. The number of nitrogens with zero attached hydrogens (tertiary/aromatic N) is 3. The Balaban J connectivity index is 2.31. The number of ether oxygens (including phenoxy) is 1. The lowest BCUT2D eigenvalue weighted by Crippen LogP contribution is -1.94. The summed E-state index contributed by atoms with van der Waals surface area (Å²) < 4.78 is 7.65. The summed E-state index contributed by atoms with van der Waals surface area (Å²) in [4.78, 5) is 4.14. The minimum Gasteiger partial charge on any atom is -0.453 e. The van der Waals surface area contributed by atoms with E-state index in [9.17, 15) is 0 Å². The molecule has 90 valence electrons. The first-order chi connectivity index (χ1) is 8.11. The van der Waals surface area contributed by atoms with Crippen molar-refractivity contribution < 1.29 is 4.74 Å². The van der Waals surface area contributed by atoms with E-state index in [0.29, 0.717) is 0 Å². The number of aryl methyl sites for hydroxylation is 2. The second-order valence-corrected chi connectivity index (χ2v) is 3.85. The van der Waals surface area contributed by atoms with Crippen LogP contribution in [-0.4, -0.2) is 21.8 Å². The standard InChI is InChI=1S/C12H16N4O/c1-8-12(9(2)16(4)15-8)17-10-5-6-14-11(7-10)13-3/h5-7H,1-4H3,(H,13,14). The zero-order chi connectivity index (χ0) is 12.4. The van der Waals surface area contributed by atoms with Crippen molar-refractivity contribution in [3.63, 3.8) is 0 Å². The fraction of sp³-hybridized carbons (Fsp3) is 0.333. The second-order valence-electron chi connectivity index (χ2n) is 3.85. The highest BCUT2D eigenvalue weighted by molar-refractivity contribution is 5.43. The van der Waals surface area contributed by atoms with Gasteiger partial charge in [-0.3, -0.25) is 4.68 Å². The van der Waals surface area contributed by atoms with Crippen LogP contribution < -0.4 is 10.1 Å². The van der Waals surface area contributed by atoms with Crippen molar-refractivity contribution in [2.24, 2.45) is 7.05 Å². The van der Waals surface area contributed by atoms with Crippen LogP contribution in [-0.2, 0) is 7.05 Å². The molecular formula is C12H16N4O. The molecule has 0 atom stereocenters. The number of nitrogens with one attached hydrogen (secondary N) is 1. The lowest BCUT2D eigenvalue weighted by Gasteiger charge is -2.07. The van der Waals surface area contributed by atoms with Gasteiger partial charge in [0, 0.05) is 26.4 Å². The van der Waals surface area contributed by atoms with E-state index < -0.39 is 0 Å². The Labute approximate surface area is 100 Å². The first-order valence-corrected chi connectivity index (χ1v) is 5.43. The molecular weight excluding hydrogens is 216 g/mol. The molecule has 0 bridgehead atoms. The molecule has 17 heavy (non-hydrogen) atoms. The van der Waals surface area contributed by atoms with Gasteiger partial charge in [-0.15, -0.1) is 0 Å². The van der Waals surface area contributed by atoms with Crippen LogP contribution in [0, 0.1) is 13.8 Å². The summed E-state index contributed by atoms with van der Waals surface area (Å²) in [5.74, 6) is 2.34. The molecule has 0 unspecified atom stereocenters. The van der Waals surface area contributed by atoms with Crippen molar-refractivity contribution in [3.05, 3.63) is 29.7 Å². The largest absolute Gasteiger partial charge is 0.453 e. The normalized spacial score (nSPS) is 10.4. The highest BCUT2D eigenvalue weighted by atomic mass is 16.5. The fourth-order valence-corrected chi connectivity index (χ4v) is 1.63. The van der Waals surface area contributed by atoms with Crippen LogP contribution in [0.5, 0.6) is 11.5 Å². The van der Waals surface area contributed by atoms with Gasteiger partial charge < -0.3 is 10.1 Å².